The summed E-state index contributed by atoms with van der Waals surface area (Å²) in [5.74, 6) is -0.901. The van der Waals surface area contributed by atoms with Crippen molar-refractivity contribution in [3.05, 3.63) is 35.9 Å². The van der Waals surface area contributed by atoms with Crippen LogP contribution in [0.3, 0.4) is 0 Å². The summed E-state index contributed by atoms with van der Waals surface area (Å²) >= 11 is 0. The monoisotopic (exact) mass is 332 g/mol. The van der Waals surface area contributed by atoms with E-state index in [1.54, 1.807) is 0 Å². The fourth-order valence-corrected chi connectivity index (χ4v) is 2.14. The van der Waals surface area contributed by atoms with Gasteiger partial charge in [-0.15, -0.1) is 0 Å². The van der Waals surface area contributed by atoms with Crippen LogP contribution in [0.25, 0.3) is 0 Å². The van der Waals surface area contributed by atoms with Gasteiger partial charge in [-0.3, -0.25) is 4.79 Å². The van der Waals surface area contributed by atoms with E-state index in [9.17, 15) is 18.0 Å². The zero-order valence-electron chi connectivity index (χ0n) is 13.3. The van der Waals surface area contributed by atoms with E-state index in [1.807, 2.05) is 30.3 Å². The lowest BCUT2D eigenvalue weighted by atomic mass is 10.1. The van der Waals surface area contributed by atoms with Crippen LogP contribution < -0.4 is 0 Å². The number of benzene rings is 1. The topological polar surface area (TPSA) is 35.5 Å². The second-order valence-electron chi connectivity index (χ2n) is 5.38. The molecule has 0 fully saturated rings. The molecule has 0 aliphatic rings. The van der Waals surface area contributed by atoms with Gasteiger partial charge in [0.1, 0.15) is 0 Å². The van der Waals surface area contributed by atoms with Crippen LogP contribution in [0.5, 0.6) is 0 Å². The number of carbonyl (C=O) groups is 1. The third-order valence-electron chi connectivity index (χ3n) is 3.29. The minimum absolute atomic E-state index is 0.187. The number of alkyl halides is 3. The average Bonchev–Trinajstić information content (AvgIpc) is 2.48. The summed E-state index contributed by atoms with van der Waals surface area (Å²) in [6.45, 7) is 2.12. The van der Waals surface area contributed by atoms with E-state index in [1.165, 1.54) is 0 Å². The summed E-state index contributed by atoms with van der Waals surface area (Å²) in [5, 5.41) is 0. The van der Waals surface area contributed by atoms with E-state index in [4.69, 9.17) is 4.74 Å². The molecule has 0 aliphatic carbocycles. The number of halogens is 3. The first-order valence-corrected chi connectivity index (χ1v) is 7.75. The number of esters is 1. The molecule has 0 heterocycles. The van der Waals surface area contributed by atoms with E-state index in [-0.39, 0.29) is 6.42 Å². The summed E-state index contributed by atoms with van der Waals surface area (Å²) < 4.78 is 47.7. The number of hydrogen-bond acceptors (Lipinski definition) is 3. The smallest absolute Gasteiger partial charge is 0.425 e. The molecule has 0 N–H and O–H groups in total. The van der Waals surface area contributed by atoms with E-state index in [0.717, 1.165) is 25.3 Å². The molecule has 1 unspecified atom stereocenters. The molecular weight excluding hydrogens is 309 g/mol. The SMILES string of the molecule is CC(=O)OC(CCCCCCOCc1ccccc1)C(F)(F)F. The molecule has 1 atom stereocenters. The van der Waals surface area contributed by atoms with Gasteiger partial charge in [-0.25, -0.2) is 0 Å². The summed E-state index contributed by atoms with van der Waals surface area (Å²) in [6, 6.07) is 9.78. The predicted molar refractivity (Wildman–Crippen MR) is 80.8 cm³/mol. The van der Waals surface area contributed by atoms with Crippen LogP contribution in [-0.2, 0) is 20.9 Å². The molecule has 0 radical (unpaired) electrons. The molecule has 0 aromatic heterocycles. The summed E-state index contributed by atoms with van der Waals surface area (Å²) in [6.07, 6.45) is -4.05. The first-order chi connectivity index (χ1) is 10.9. The molecule has 1 aromatic carbocycles. The fourth-order valence-electron chi connectivity index (χ4n) is 2.14. The number of rotatable bonds is 10. The number of unbranched alkanes of at least 4 members (excludes halogenated alkanes) is 3. The molecule has 0 bridgehead atoms. The fraction of sp³-hybridized carbons (Fsp3) is 0.588. The number of ether oxygens (including phenoxy) is 2. The Balaban J connectivity index is 2.06. The number of carbonyl (C=O) groups excluding carboxylic acids is 1. The van der Waals surface area contributed by atoms with Gasteiger partial charge < -0.3 is 9.47 Å². The maximum atomic E-state index is 12.6. The van der Waals surface area contributed by atoms with E-state index in [2.05, 4.69) is 4.74 Å². The Morgan fingerprint density at radius 3 is 2.35 bits per heavy atom. The Labute approximate surface area is 134 Å². The molecular formula is C17H23F3O3. The Morgan fingerprint density at radius 1 is 1.09 bits per heavy atom. The molecule has 1 rings (SSSR count). The van der Waals surface area contributed by atoms with Crippen LogP contribution in [0.2, 0.25) is 0 Å². The lowest BCUT2D eigenvalue weighted by molar-refractivity contribution is -0.221. The van der Waals surface area contributed by atoms with Gasteiger partial charge in [-0.1, -0.05) is 43.2 Å². The highest BCUT2D eigenvalue weighted by Gasteiger charge is 2.41. The Morgan fingerprint density at radius 2 is 1.74 bits per heavy atom. The quantitative estimate of drug-likeness (QED) is 0.462. The van der Waals surface area contributed by atoms with Crippen molar-refractivity contribution in [2.45, 2.75) is 57.9 Å². The average molecular weight is 332 g/mol. The van der Waals surface area contributed by atoms with Gasteiger partial charge >= 0.3 is 12.1 Å². The largest absolute Gasteiger partial charge is 0.453 e. The highest BCUT2D eigenvalue weighted by atomic mass is 19.4. The first kappa shape index (κ1) is 19.5. The molecule has 6 heteroatoms. The lowest BCUT2D eigenvalue weighted by Crippen LogP contribution is -2.33. The molecule has 0 aliphatic heterocycles. The Hall–Kier alpha value is -1.56. The molecule has 3 nitrogen and oxygen atoms in total. The van der Waals surface area contributed by atoms with Crippen LogP contribution in [0, 0.1) is 0 Å². The predicted octanol–water partition coefficient (Wildman–Crippen LogP) is 4.65. The standard InChI is InChI=1S/C17H23F3O3/c1-14(21)23-16(17(18,19)20)11-7-2-3-8-12-22-13-15-9-5-4-6-10-15/h4-6,9-10,16H,2-3,7-8,11-13H2,1H3. The highest BCUT2D eigenvalue weighted by molar-refractivity contribution is 5.66. The minimum atomic E-state index is -4.50. The second-order valence-corrected chi connectivity index (χ2v) is 5.38. The van der Waals surface area contributed by atoms with Gasteiger partial charge in [0, 0.05) is 13.5 Å². The summed E-state index contributed by atoms with van der Waals surface area (Å²) in [4.78, 5) is 10.7. The van der Waals surface area contributed by atoms with Crippen LogP contribution in [0.15, 0.2) is 30.3 Å². The summed E-state index contributed by atoms with van der Waals surface area (Å²) in [7, 11) is 0. The van der Waals surface area contributed by atoms with E-state index in [0.29, 0.717) is 26.1 Å². The maximum absolute atomic E-state index is 12.6. The van der Waals surface area contributed by atoms with Crippen LogP contribution in [0.4, 0.5) is 13.2 Å². The Bertz CT molecular complexity index is 446. The van der Waals surface area contributed by atoms with Gasteiger partial charge in [0.15, 0.2) is 6.10 Å². The van der Waals surface area contributed by atoms with Crippen molar-refractivity contribution < 1.29 is 27.4 Å². The van der Waals surface area contributed by atoms with Crippen molar-refractivity contribution in [2.75, 3.05) is 6.61 Å². The van der Waals surface area contributed by atoms with Crippen molar-refractivity contribution in [1.29, 1.82) is 0 Å². The van der Waals surface area contributed by atoms with Gasteiger partial charge in [-0.05, 0) is 24.8 Å². The van der Waals surface area contributed by atoms with Gasteiger partial charge in [0.05, 0.1) is 6.61 Å². The number of hydrogen-bond donors (Lipinski definition) is 0. The minimum Gasteiger partial charge on any atom is -0.453 e. The Kier molecular flexibility index (Phi) is 8.69. The van der Waals surface area contributed by atoms with E-state index >= 15 is 0 Å². The molecule has 23 heavy (non-hydrogen) atoms. The van der Waals surface area contributed by atoms with Crippen molar-refractivity contribution in [3.63, 3.8) is 0 Å². The highest BCUT2D eigenvalue weighted by Crippen LogP contribution is 2.27. The van der Waals surface area contributed by atoms with E-state index < -0.39 is 18.2 Å². The van der Waals surface area contributed by atoms with Crippen molar-refractivity contribution in [1.82, 2.24) is 0 Å². The lowest BCUT2D eigenvalue weighted by Gasteiger charge is -2.19. The third kappa shape index (κ3) is 9.23. The maximum Gasteiger partial charge on any atom is 0.425 e. The third-order valence-corrected chi connectivity index (χ3v) is 3.29. The van der Waals surface area contributed by atoms with Crippen molar-refractivity contribution in [2.24, 2.45) is 0 Å². The molecule has 0 saturated heterocycles. The second kappa shape index (κ2) is 10.3. The van der Waals surface area contributed by atoms with Gasteiger partial charge in [-0.2, -0.15) is 13.2 Å². The van der Waals surface area contributed by atoms with Crippen LogP contribution in [-0.4, -0.2) is 24.9 Å². The van der Waals surface area contributed by atoms with Gasteiger partial charge in [0.2, 0.25) is 0 Å². The molecule has 0 spiro atoms. The van der Waals surface area contributed by atoms with Crippen molar-refractivity contribution >= 4 is 5.97 Å². The zero-order chi connectivity index (χ0) is 17.1. The molecule has 0 amide bonds. The van der Waals surface area contributed by atoms with Crippen LogP contribution >= 0.6 is 0 Å². The zero-order valence-corrected chi connectivity index (χ0v) is 13.3. The van der Waals surface area contributed by atoms with Crippen LogP contribution in [0.1, 0.15) is 44.6 Å². The molecule has 0 saturated carbocycles. The summed E-state index contributed by atoms with van der Waals surface area (Å²) in [5.41, 5.74) is 1.10. The molecule has 130 valence electrons. The molecule has 1 aromatic rings. The first-order valence-electron chi connectivity index (χ1n) is 7.75. The van der Waals surface area contributed by atoms with Gasteiger partial charge in [0.25, 0.3) is 0 Å². The van der Waals surface area contributed by atoms with Crippen molar-refractivity contribution in [3.8, 4) is 0 Å². The normalized spacial score (nSPS) is 12.9.